The van der Waals surface area contributed by atoms with Gasteiger partial charge in [0, 0.05) is 23.3 Å². The molecule has 0 bridgehead atoms. The van der Waals surface area contributed by atoms with E-state index < -0.39 is 10.0 Å². The largest absolute Gasteiger partial charge is 0.346 e. The summed E-state index contributed by atoms with van der Waals surface area (Å²) >= 11 is 0. The number of nitrogens with zero attached hydrogens (tertiary/aromatic N) is 1. The Morgan fingerprint density at radius 3 is 2.65 bits per heavy atom. The second-order valence-electron chi connectivity index (χ2n) is 6.16. The molecule has 1 saturated carbocycles. The summed E-state index contributed by atoms with van der Waals surface area (Å²) in [5.41, 5.74) is 4.78. The minimum absolute atomic E-state index is 0.163. The van der Waals surface area contributed by atoms with E-state index in [0.717, 1.165) is 22.2 Å². The average Bonchev–Trinajstić information content (AvgIpc) is 3.25. The lowest BCUT2D eigenvalue weighted by molar-refractivity contribution is 0.597. The van der Waals surface area contributed by atoms with Crippen molar-refractivity contribution in [3.05, 3.63) is 47.8 Å². The number of nitrogens with one attached hydrogen (secondary N) is 1. The maximum absolute atomic E-state index is 11.5. The van der Waals surface area contributed by atoms with Gasteiger partial charge in [-0.05, 0) is 54.5 Å². The second-order valence-corrected chi connectivity index (χ2v) is 7.69. The van der Waals surface area contributed by atoms with Crippen LogP contribution in [0.4, 0.5) is 0 Å². The van der Waals surface area contributed by atoms with Crippen LogP contribution >= 0.6 is 0 Å². The summed E-state index contributed by atoms with van der Waals surface area (Å²) in [5, 5.41) is 6.37. The third kappa shape index (κ3) is 2.54. The molecule has 4 rings (SSSR count). The molecule has 0 spiro atoms. The van der Waals surface area contributed by atoms with Crippen LogP contribution in [0.25, 0.3) is 22.2 Å². The van der Waals surface area contributed by atoms with Crippen molar-refractivity contribution in [2.24, 2.45) is 5.14 Å². The van der Waals surface area contributed by atoms with Crippen molar-refractivity contribution < 1.29 is 8.42 Å². The molecule has 118 valence electrons. The first-order valence-electron chi connectivity index (χ1n) is 7.54. The lowest BCUT2D eigenvalue weighted by Crippen LogP contribution is -2.13. The van der Waals surface area contributed by atoms with Crippen molar-refractivity contribution in [1.82, 2.24) is 9.97 Å². The highest BCUT2D eigenvalue weighted by atomic mass is 32.2. The maximum atomic E-state index is 11.5. The smallest absolute Gasteiger partial charge is 0.238 e. The fourth-order valence-corrected chi connectivity index (χ4v) is 3.83. The first-order chi connectivity index (χ1) is 10.9. The van der Waals surface area contributed by atoms with E-state index in [2.05, 4.69) is 22.2 Å². The molecule has 5 nitrogen and oxygen atoms in total. The molecule has 3 aromatic rings. The van der Waals surface area contributed by atoms with Crippen LogP contribution in [-0.4, -0.2) is 18.4 Å². The topological polar surface area (TPSA) is 88.8 Å². The number of aryl methyl sites for hydroxylation is 1. The van der Waals surface area contributed by atoms with Gasteiger partial charge in [0.2, 0.25) is 10.0 Å². The minimum Gasteiger partial charge on any atom is -0.346 e. The van der Waals surface area contributed by atoms with E-state index in [1.165, 1.54) is 18.4 Å². The maximum Gasteiger partial charge on any atom is 0.238 e. The zero-order chi connectivity index (χ0) is 16.2. The Balaban J connectivity index is 1.82. The van der Waals surface area contributed by atoms with Gasteiger partial charge in [-0.3, -0.25) is 0 Å². The predicted molar refractivity (Wildman–Crippen MR) is 89.6 cm³/mol. The quantitative estimate of drug-likeness (QED) is 0.775. The Morgan fingerprint density at radius 1 is 1.22 bits per heavy atom. The fraction of sp³-hybridized carbons (Fsp3) is 0.235. The highest BCUT2D eigenvalue weighted by Crippen LogP contribution is 2.43. The van der Waals surface area contributed by atoms with Crippen LogP contribution in [0.3, 0.4) is 0 Å². The van der Waals surface area contributed by atoms with E-state index >= 15 is 0 Å². The Kier molecular flexibility index (Phi) is 3.08. The van der Waals surface area contributed by atoms with Crippen LogP contribution in [0.5, 0.6) is 0 Å². The molecule has 1 aliphatic carbocycles. The normalized spacial score (nSPS) is 15.2. The van der Waals surface area contributed by atoms with E-state index in [4.69, 9.17) is 5.14 Å². The van der Waals surface area contributed by atoms with Crippen molar-refractivity contribution >= 4 is 21.1 Å². The number of aromatic amines is 1. The molecular formula is C17H17N3O2S. The lowest BCUT2D eigenvalue weighted by atomic mass is 10.0. The fourth-order valence-electron chi connectivity index (χ4n) is 3.06. The average molecular weight is 327 g/mol. The molecule has 0 saturated heterocycles. The van der Waals surface area contributed by atoms with Gasteiger partial charge in [0.15, 0.2) is 0 Å². The van der Waals surface area contributed by atoms with Gasteiger partial charge < -0.3 is 4.98 Å². The summed E-state index contributed by atoms with van der Waals surface area (Å²) in [4.78, 5) is 7.87. The van der Waals surface area contributed by atoms with Crippen molar-refractivity contribution in [2.75, 3.05) is 0 Å². The van der Waals surface area contributed by atoms with Gasteiger partial charge in [0.05, 0.1) is 4.90 Å². The van der Waals surface area contributed by atoms with Crippen molar-refractivity contribution in [2.45, 2.75) is 30.6 Å². The molecule has 2 aromatic heterocycles. The molecule has 0 unspecified atom stereocenters. The number of rotatable bonds is 3. The molecule has 1 aliphatic rings. The van der Waals surface area contributed by atoms with Crippen LogP contribution in [0.15, 0.2) is 41.6 Å². The summed E-state index contributed by atoms with van der Waals surface area (Å²) in [5.74, 6) is 0.646. The van der Waals surface area contributed by atoms with Gasteiger partial charge in [-0.25, -0.2) is 18.5 Å². The van der Waals surface area contributed by atoms with Crippen LogP contribution < -0.4 is 5.14 Å². The van der Waals surface area contributed by atoms with Crippen LogP contribution in [0.2, 0.25) is 0 Å². The number of pyridine rings is 1. The van der Waals surface area contributed by atoms with E-state index in [-0.39, 0.29) is 4.90 Å². The van der Waals surface area contributed by atoms with Gasteiger partial charge in [0.1, 0.15) is 5.65 Å². The SMILES string of the molecule is Cc1cc(-c2cnc3[nH]cc(C4CC4)c3c2)ccc1S(N)(=O)=O. The molecule has 1 fully saturated rings. The number of hydrogen-bond donors (Lipinski definition) is 2. The number of hydrogen-bond acceptors (Lipinski definition) is 3. The van der Waals surface area contributed by atoms with Gasteiger partial charge in [-0.15, -0.1) is 0 Å². The van der Waals surface area contributed by atoms with Crippen LogP contribution in [0.1, 0.15) is 29.9 Å². The number of primary sulfonamides is 1. The zero-order valence-electron chi connectivity index (χ0n) is 12.7. The lowest BCUT2D eigenvalue weighted by Gasteiger charge is -2.07. The number of aromatic nitrogens is 2. The second kappa shape index (κ2) is 4.91. The zero-order valence-corrected chi connectivity index (χ0v) is 13.5. The number of H-pyrrole nitrogens is 1. The number of sulfonamides is 1. The molecule has 0 amide bonds. The van der Waals surface area contributed by atoms with Gasteiger partial charge in [0.25, 0.3) is 0 Å². The number of benzene rings is 1. The summed E-state index contributed by atoms with van der Waals surface area (Å²) in [6.45, 7) is 1.75. The summed E-state index contributed by atoms with van der Waals surface area (Å²) in [6.07, 6.45) is 6.33. The highest BCUT2D eigenvalue weighted by molar-refractivity contribution is 7.89. The molecule has 0 aliphatic heterocycles. The Morgan fingerprint density at radius 2 is 2.00 bits per heavy atom. The van der Waals surface area contributed by atoms with Crippen LogP contribution in [-0.2, 0) is 10.0 Å². The number of nitrogens with two attached hydrogens (primary N) is 1. The summed E-state index contributed by atoms with van der Waals surface area (Å²) < 4.78 is 23.1. The molecule has 0 atom stereocenters. The Hall–Kier alpha value is -2.18. The highest BCUT2D eigenvalue weighted by Gasteiger charge is 2.26. The Bertz CT molecular complexity index is 1020. The molecule has 3 N–H and O–H groups in total. The third-order valence-electron chi connectivity index (χ3n) is 4.40. The van der Waals surface area contributed by atoms with Crippen LogP contribution in [0, 0.1) is 6.92 Å². The molecular weight excluding hydrogens is 310 g/mol. The van der Waals surface area contributed by atoms with Crippen molar-refractivity contribution in [3.63, 3.8) is 0 Å². The number of fused-ring (bicyclic) bond motifs is 1. The predicted octanol–water partition coefficient (Wildman–Crippen LogP) is 3.06. The first-order valence-corrected chi connectivity index (χ1v) is 9.09. The molecule has 2 heterocycles. The van der Waals surface area contributed by atoms with Gasteiger partial charge in [-0.1, -0.05) is 12.1 Å². The van der Waals surface area contributed by atoms with Crippen molar-refractivity contribution in [3.8, 4) is 11.1 Å². The molecule has 1 aromatic carbocycles. The Labute approximate surface area is 134 Å². The molecule has 6 heteroatoms. The molecule has 23 heavy (non-hydrogen) atoms. The first kappa shape index (κ1) is 14.4. The summed E-state index contributed by atoms with van der Waals surface area (Å²) in [6, 6.07) is 7.30. The van der Waals surface area contributed by atoms with E-state index in [0.29, 0.717) is 11.5 Å². The summed E-state index contributed by atoms with van der Waals surface area (Å²) in [7, 11) is -3.69. The minimum atomic E-state index is -3.69. The van der Waals surface area contributed by atoms with E-state index in [1.54, 1.807) is 25.3 Å². The third-order valence-corrected chi connectivity index (χ3v) is 5.47. The van der Waals surface area contributed by atoms with Gasteiger partial charge >= 0.3 is 0 Å². The van der Waals surface area contributed by atoms with E-state index in [1.807, 2.05) is 6.07 Å². The standard InChI is InChI=1S/C17H17N3O2S/c1-10-6-12(4-5-16(10)23(18,21)22)13-7-14-15(11-2-3-11)9-20-17(14)19-8-13/h4-9,11H,2-3H2,1H3,(H,19,20)(H2,18,21,22). The molecule has 0 radical (unpaired) electrons. The van der Waals surface area contributed by atoms with Crippen molar-refractivity contribution in [1.29, 1.82) is 0 Å². The monoisotopic (exact) mass is 327 g/mol. The van der Waals surface area contributed by atoms with Gasteiger partial charge in [-0.2, -0.15) is 0 Å². The van der Waals surface area contributed by atoms with E-state index in [9.17, 15) is 8.42 Å².